The maximum absolute atomic E-state index is 12.3. The van der Waals surface area contributed by atoms with Gasteiger partial charge in [-0.25, -0.2) is 0 Å². The molecule has 0 bridgehead atoms. The van der Waals surface area contributed by atoms with E-state index in [1.165, 1.54) is 16.2 Å². The van der Waals surface area contributed by atoms with Crippen LogP contribution in [0.3, 0.4) is 0 Å². The molecule has 1 atom stereocenters. The molecular weight excluding hydrogens is 352 g/mol. The molecule has 4 nitrogen and oxygen atoms in total. The monoisotopic (exact) mass is 374 g/mol. The molecule has 0 unspecified atom stereocenters. The van der Waals surface area contributed by atoms with E-state index in [2.05, 4.69) is 12.2 Å². The van der Waals surface area contributed by atoms with Crippen LogP contribution < -0.4 is 11.1 Å². The number of hydrogen-bond donors (Lipinski definition) is 2. The van der Waals surface area contributed by atoms with E-state index in [-0.39, 0.29) is 5.91 Å². The van der Waals surface area contributed by atoms with E-state index in [1.54, 1.807) is 11.8 Å². The molecule has 1 aromatic carbocycles. The van der Waals surface area contributed by atoms with Crippen molar-refractivity contribution < 1.29 is 9.59 Å². The Bertz CT molecular complexity index is 771. The molecule has 1 aromatic heterocycles. The topological polar surface area (TPSA) is 72.2 Å². The fourth-order valence-corrected chi connectivity index (χ4v) is 5.37. The third-order valence-electron chi connectivity index (χ3n) is 4.35. The van der Waals surface area contributed by atoms with E-state index in [9.17, 15) is 9.59 Å². The Hall–Kier alpha value is -1.79. The van der Waals surface area contributed by atoms with E-state index in [0.29, 0.717) is 28.7 Å². The summed E-state index contributed by atoms with van der Waals surface area (Å²) in [5.41, 5.74) is 7.15. The molecule has 132 valence electrons. The van der Waals surface area contributed by atoms with Crippen molar-refractivity contribution in [3.8, 4) is 0 Å². The standard InChI is InChI=1S/C19H22N2O2S2/c1-12-7-8-14-15(11-12)25-19(17(14)18(20)23)21-16(22)9-10-24-13-5-3-2-4-6-13/h2-6,12H,7-11H2,1H3,(H2,20,23)(H,21,22)/t12-/m0/s1. The molecule has 1 aliphatic rings. The summed E-state index contributed by atoms with van der Waals surface area (Å²) in [6.07, 6.45) is 3.28. The van der Waals surface area contributed by atoms with Gasteiger partial charge in [0.1, 0.15) is 5.00 Å². The van der Waals surface area contributed by atoms with Gasteiger partial charge in [0.25, 0.3) is 5.91 Å². The highest BCUT2D eigenvalue weighted by molar-refractivity contribution is 7.99. The van der Waals surface area contributed by atoms with Gasteiger partial charge in [-0.15, -0.1) is 23.1 Å². The van der Waals surface area contributed by atoms with Gasteiger partial charge in [-0.2, -0.15) is 0 Å². The van der Waals surface area contributed by atoms with Crippen LogP contribution in [0.1, 0.15) is 40.6 Å². The summed E-state index contributed by atoms with van der Waals surface area (Å²) in [5, 5.41) is 3.54. The van der Waals surface area contributed by atoms with Crippen LogP contribution in [-0.4, -0.2) is 17.6 Å². The number of amides is 2. The quantitative estimate of drug-likeness (QED) is 0.748. The van der Waals surface area contributed by atoms with Gasteiger partial charge in [0.15, 0.2) is 0 Å². The van der Waals surface area contributed by atoms with Crippen LogP contribution in [0.2, 0.25) is 0 Å². The SMILES string of the molecule is C[C@H]1CCc2c(sc(NC(=O)CCSc3ccccc3)c2C(N)=O)C1. The van der Waals surface area contributed by atoms with Crippen LogP contribution in [0.4, 0.5) is 5.00 Å². The number of fused-ring (bicyclic) bond motifs is 1. The second-order valence-corrected chi connectivity index (χ2v) is 8.65. The Labute approximate surface area is 156 Å². The zero-order valence-electron chi connectivity index (χ0n) is 14.2. The van der Waals surface area contributed by atoms with Crippen LogP contribution in [0, 0.1) is 5.92 Å². The summed E-state index contributed by atoms with van der Waals surface area (Å²) in [5.74, 6) is 0.792. The number of benzene rings is 1. The lowest BCUT2D eigenvalue weighted by atomic mass is 9.88. The second kappa shape index (κ2) is 8.06. The maximum atomic E-state index is 12.3. The van der Waals surface area contributed by atoms with Crippen molar-refractivity contribution in [3.63, 3.8) is 0 Å². The zero-order chi connectivity index (χ0) is 17.8. The number of nitrogens with one attached hydrogen (secondary N) is 1. The van der Waals surface area contributed by atoms with Gasteiger partial charge in [-0.1, -0.05) is 25.1 Å². The molecule has 1 heterocycles. The number of primary amides is 1. The second-order valence-electron chi connectivity index (χ2n) is 6.38. The smallest absolute Gasteiger partial charge is 0.251 e. The minimum atomic E-state index is -0.444. The van der Waals surface area contributed by atoms with Gasteiger partial charge in [0.05, 0.1) is 5.56 Å². The fourth-order valence-electron chi connectivity index (χ4n) is 3.07. The van der Waals surface area contributed by atoms with Crippen molar-refractivity contribution in [1.82, 2.24) is 0 Å². The first kappa shape index (κ1) is 18.0. The van der Waals surface area contributed by atoms with Gasteiger partial charge in [0, 0.05) is 21.9 Å². The molecule has 6 heteroatoms. The van der Waals surface area contributed by atoms with Crippen molar-refractivity contribution in [3.05, 3.63) is 46.3 Å². The van der Waals surface area contributed by atoms with Crippen LogP contribution >= 0.6 is 23.1 Å². The van der Waals surface area contributed by atoms with Crippen molar-refractivity contribution in [1.29, 1.82) is 0 Å². The Balaban J connectivity index is 1.64. The average molecular weight is 375 g/mol. The number of hydrogen-bond acceptors (Lipinski definition) is 4. The molecule has 0 fully saturated rings. The third kappa shape index (κ3) is 4.44. The van der Waals surface area contributed by atoms with E-state index in [0.717, 1.165) is 29.7 Å². The highest BCUT2D eigenvalue weighted by Gasteiger charge is 2.27. The van der Waals surface area contributed by atoms with Gasteiger partial charge in [-0.3, -0.25) is 9.59 Å². The lowest BCUT2D eigenvalue weighted by molar-refractivity contribution is -0.115. The molecule has 2 amide bonds. The average Bonchev–Trinajstić information content (AvgIpc) is 2.92. The molecule has 2 aromatic rings. The summed E-state index contributed by atoms with van der Waals surface area (Å²) in [6, 6.07) is 10.0. The van der Waals surface area contributed by atoms with E-state index in [1.807, 2.05) is 30.3 Å². The van der Waals surface area contributed by atoms with Crippen molar-refractivity contribution in [2.24, 2.45) is 11.7 Å². The van der Waals surface area contributed by atoms with E-state index < -0.39 is 5.91 Å². The molecular formula is C19H22N2O2S2. The van der Waals surface area contributed by atoms with Crippen LogP contribution in [-0.2, 0) is 17.6 Å². The zero-order valence-corrected chi connectivity index (χ0v) is 15.8. The largest absolute Gasteiger partial charge is 0.365 e. The highest BCUT2D eigenvalue weighted by Crippen LogP contribution is 2.39. The summed E-state index contributed by atoms with van der Waals surface area (Å²) >= 11 is 3.16. The first-order chi connectivity index (χ1) is 12.0. The third-order valence-corrected chi connectivity index (χ3v) is 6.54. The lowest BCUT2D eigenvalue weighted by Crippen LogP contribution is -2.19. The van der Waals surface area contributed by atoms with Gasteiger partial charge in [0.2, 0.25) is 5.91 Å². The van der Waals surface area contributed by atoms with Gasteiger partial charge >= 0.3 is 0 Å². The molecule has 3 N–H and O–H groups in total. The maximum Gasteiger partial charge on any atom is 0.251 e. The summed E-state index contributed by atoms with van der Waals surface area (Å²) in [7, 11) is 0. The Morgan fingerprint density at radius 1 is 1.32 bits per heavy atom. The number of thioether (sulfide) groups is 1. The molecule has 0 aliphatic heterocycles. The molecule has 3 rings (SSSR count). The number of anilines is 1. The highest BCUT2D eigenvalue weighted by atomic mass is 32.2. The van der Waals surface area contributed by atoms with Gasteiger partial charge in [-0.05, 0) is 42.9 Å². The Morgan fingerprint density at radius 2 is 2.08 bits per heavy atom. The van der Waals surface area contributed by atoms with Crippen LogP contribution in [0.15, 0.2) is 35.2 Å². The lowest BCUT2D eigenvalue weighted by Gasteiger charge is -2.18. The molecule has 25 heavy (non-hydrogen) atoms. The van der Waals surface area contributed by atoms with Crippen molar-refractivity contribution >= 4 is 39.9 Å². The molecule has 0 saturated carbocycles. The predicted molar refractivity (Wildman–Crippen MR) is 104 cm³/mol. The molecule has 0 radical (unpaired) electrons. The fraction of sp³-hybridized carbons (Fsp3) is 0.368. The Kier molecular flexibility index (Phi) is 5.81. The minimum Gasteiger partial charge on any atom is -0.365 e. The summed E-state index contributed by atoms with van der Waals surface area (Å²) < 4.78 is 0. The number of rotatable bonds is 6. The summed E-state index contributed by atoms with van der Waals surface area (Å²) in [6.45, 7) is 2.21. The minimum absolute atomic E-state index is 0.0717. The normalized spacial score (nSPS) is 16.3. The number of carbonyl (C=O) groups excluding carboxylic acids is 2. The summed E-state index contributed by atoms with van der Waals surface area (Å²) in [4.78, 5) is 26.5. The van der Waals surface area contributed by atoms with E-state index >= 15 is 0 Å². The van der Waals surface area contributed by atoms with Gasteiger partial charge < -0.3 is 11.1 Å². The van der Waals surface area contributed by atoms with Crippen molar-refractivity contribution in [2.75, 3.05) is 11.1 Å². The molecule has 0 spiro atoms. The predicted octanol–water partition coefficient (Wildman–Crippen LogP) is 4.09. The number of thiophene rings is 1. The molecule has 0 saturated heterocycles. The first-order valence-electron chi connectivity index (χ1n) is 8.46. The molecule has 1 aliphatic carbocycles. The van der Waals surface area contributed by atoms with Crippen LogP contribution in [0.5, 0.6) is 0 Å². The van der Waals surface area contributed by atoms with Crippen LogP contribution in [0.25, 0.3) is 0 Å². The number of nitrogens with two attached hydrogens (primary N) is 1. The van der Waals surface area contributed by atoms with Crippen molar-refractivity contribution in [2.45, 2.75) is 37.5 Å². The van der Waals surface area contributed by atoms with E-state index in [4.69, 9.17) is 5.73 Å². The Morgan fingerprint density at radius 3 is 2.80 bits per heavy atom. The first-order valence-corrected chi connectivity index (χ1v) is 10.3. The number of carbonyl (C=O) groups is 2.